The van der Waals surface area contributed by atoms with Crippen LogP contribution in [0.2, 0.25) is 10.2 Å². The van der Waals surface area contributed by atoms with Crippen molar-refractivity contribution in [1.29, 1.82) is 0 Å². The molecule has 0 aliphatic heterocycles. The molecule has 0 N–H and O–H groups in total. The van der Waals surface area contributed by atoms with Gasteiger partial charge in [-0.25, -0.2) is 4.39 Å². The minimum atomic E-state index is -0.484. The molecule has 0 radical (unpaired) electrons. The quantitative estimate of drug-likeness (QED) is 0.685. The third kappa shape index (κ3) is 1.94. The van der Waals surface area contributed by atoms with E-state index >= 15 is 0 Å². The first-order valence-corrected chi connectivity index (χ1v) is 6.58. The van der Waals surface area contributed by atoms with E-state index in [-0.39, 0.29) is 5.02 Å². The highest BCUT2D eigenvalue weighted by Crippen LogP contribution is 2.26. The Morgan fingerprint density at radius 1 is 1.10 bits per heavy atom. The van der Waals surface area contributed by atoms with Crippen LogP contribution in [0.1, 0.15) is 11.1 Å². The molecule has 0 unspecified atom stereocenters. The highest BCUT2D eigenvalue weighted by atomic mass is 35.5. The first kappa shape index (κ1) is 13.3. The fraction of sp³-hybridized carbons (Fsp3) is 0.154. The monoisotopic (exact) mass is 310 g/mol. The zero-order chi connectivity index (χ0) is 14.4. The number of rotatable bonds is 1. The number of benzene rings is 1. The number of hydrogen-bond donors (Lipinski definition) is 0. The van der Waals surface area contributed by atoms with Gasteiger partial charge in [0.1, 0.15) is 5.82 Å². The van der Waals surface area contributed by atoms with E-state index in [2.05, 4.69) is 15.3 Å². The first-order valence-electron chi connectivity index (χ1n) is 5.82. The molecule has 0 aliphatic rings. The predicted molar refractivity (Wildman–Crippen MR) is 75.7 cm³/mol. The first-order chi connectivity index (χ1) is 9.49. The molecule has 4 nitrogen and oxygen atoms in total. The van der Waals surface area contributed by atoms with E-state index in [1.54, 1.807) is 6.07 Å². The average molecular weight is 311 g/mol. The van der Waals surface area contributed by atoms with Gasteiger partial charge in [-0.15, -0.1) is 10.2 Å². The Hall–Kier alpha value is -1.72. The third-order valence-corrected chi connectivity index (χ3v) is 3.86. The number of nitrogens with zero attached hydrogens (tertiary/aromatic N) is 4. The molecular weight excluding hydrogens is 302 g/mol. The smallest absolute Gasteiger partial charge is 0.185 e. The average Bonchev–Trinajstić information content (AvgIpc) is 2.83. The maximum Gasteiger partial charge on any atom is 0.185 e. The third-order valence-electron chi connectivity index (χ3n) is 3.21. The van der Waals surface area contributed by atoms with Crippen LogP contribution in [0.15, 0.2) is 18.2 Å². The van der Waals surface area contributed by atoms with Crippen LogP contribution in [0.25, 0.3) is 17.0 Å². The molecule has 0 aliphatic carbocycles. The Bertz CT molecular complexity index is 829. The van der Waals surface area contributed by atoms with Crippen LogP contribution < -0.4 is 0 Å². The van der Waals surface area contributed by atoms with Crippen LogP contribution in [-0.4, -0.2) is 19.8 Å². The van der Waals surface area contributed by atoms with Gasteiger partial charge in [-0.1, -0.05) is 23.2 Å². The van der Waals surface area contributed by atoms with Gasteiger partial charge in [0.15, 0.2) is 16.6 Å². The second kappa shape index (κ2) is 4.68. The molecule has 0 amide bonds. The van der Waals surface area contributed by atoms with E-state index in [0.29, 0.717) is 22.2 Å². The van der Waals surface area contributed by atoms with Gasteiger partial charge in [-0.05, 0) is 37.6 Å². The summed E-state index contributed by atoms with van der Waals surface area (Å²) in [5.74, 6) is -0.0193. The molecule has 0 fully saturated rings. The molecular formula is C13H9Cl2FN4. The second-order valence-corrected chi connectivity index (χ2v) is 5.19. The molecule has 20 heavy (non-hydrogen) atoms. The van der Waals surface area contributed by atoms with Gasteiger partial charge in [-0.3, -0.25) is 0 Å². The largest absolute Gasteiger partial charge is 0.205 e. The van der Waals surface area contributed by atoms with E-state index in [1.807, 2.05) is 13.8 Å². The Kier molecular flexibility index (Phi) is 3.11. The zero-order valence-corrected chi connectivity index (χ0v) is 12.2. The van der Waals surface area contributed by atoms with Crippen LogP contribution in [0.5, 0.6) is 0 Å². The Morgan fingerprint density at radius 3 is 2.55 bits per heavy atom. The van der Waals surface area contributed by atoms with Crippen molar-refractivity contribution in [3.05, 3.63) is 45.3 Å². The van der Waals surface area contributed by atoms with Crippen LogP contribution >= 0.6 is 23.2 Å². The van der Waals surface area contributed by atoms with Gasteiger partial charge in [0, 0.05) is 11.1 Å². The summed E-state index contributed by atoms with van der Waals surface area (Å²) in [7, 11) is 0. The highest BCUT2D eigenvalue weighted by Gasteiger charge is 2.15. The van der Waals surface area contributed by atoms with Gasteiger partial charge < -0.3 is 0 Å². The minimum Gasteiger partial charge on any atom is -0.205 e. The fourth-order valence-electron chi connectivity index (χ4n) is 1.91. The lowest BCUT2D eigenvalue weighted by molar-refractivity contribution is 0.628. The van der Waals surface area contributed by atoms with Gasteiger partial charge in [0.05, 0.1) is 5.02 Å². The maximum atomic E-state index is 13.2. The Balaban J connectivity index is 2.29. The van der Waals surface area contributed by atoms with Crippen molar-refractivity contribution in [3.8, 4) is 11.4 Å². The molecule has 0 spiro atoms. The molecule has 7 heteroatoms. The van der Waals surface area contributed by atoms with E-state index < -0.39 is 5.82 Å². The lowest BCUT2D eigenvalue weighted by atomic mass is 10.2. The predicted octanol–water partition coefficient (Wildman–Crippen LogP) is 3.85. The summed E-state index contributed by atoms with van der Waals surface area (Å²) in [4.78, 5) is 0. The van der Waals surface area contributed by atoms with Crippen LogP contribution in [0.4, 0.5) is 4.39 Å². The standard InChI is InChI=1S/C13H9Cl2FN4/c1-6-7(2)12-17-18-13(20(12)19-11(6)15)8-3-4-10(16)9(14)5-8/h3-5H,1-2H3. The number of fused-ring (bicyclic) bond motifs is 1. The molecule has 0 saturated heterocycles. The summed E-state index contributed by atoms with van der Waals surface area (Å²) < 4.78 is 14.8. The Morgan fingerprint density at radius 2 is 1.85 bits per heavy atom. The van der Waals surface area contributed by atoms with Crippen molar-refractivity contribution in [1.82, 2.24) is 19.8 Å². The van der Waals surface area contributed by atoms with E-state index in [9.17, 15) is 4.39 Å². The second-order valence-electron chi connectivity index (χ2n) is 4.43. The summed E-state index contributed by atoms with van der Waals surface area (Å²) in [6.45, 7) is 3.77. The maximum absolute atomic E-state index is 13.2. The lowest BCUT2D eigenvalue weighted by Crippen LogP contribution is -2.00. The van der Waals surface area contributed by atoms with Gasteiger partial charge in [-0.2, -0.15) is 9.61 Å². The summed E-state index contributed by atoms with van der Waals surface area (Å²) >= 11 is 11.9. The zero-order valence-electron chi connectivity index (χ0n) is 10.7. The number of aryl methyl sites for hydroxylation is 1. The normalized spacial score (nSPS) is 11.2. The molecule has 0 atom stereocenters. The van der Waals surface area contributed by atoms with E-state index in [4.69, 9.17) is 23.2 Å². The van der Waals surface area contributed by atoms with Crippen molar-refractivity contribution in [2.45, 2.75) is 13.8 Å². The lowest BCUT2D eigenvalue weighted by Gasteiger charge is -2.05. The van der Waals surface area contributed by atoms with Crippen LogP contribution in [0.3, 0.4) is 0 Å². The van der Waals surface area contributed by atoms with Crippen LogP contribution in [-0.2, 0) is 0 Å². The number of halogens is 3. The fourth-order valence-corrected chi connectivity index (χ4v) is 2.31. The molecule has 0 bridgehead atoms. The topological polar surface area (TPSA) is 43.1 Å². The molecule has 2 aromatic heterocycles. The number of aromatic nitrogens is 4. The summed E-state index contributed by atoms with van der Waals surface area (Å²) in [6, 6.07) is 4.34. The molecule has 0 saturated carbocycles. The van der Waals surface area contributed by atoms with Gasteiger partial charge in [0.25, 0.3) is 0 Å². The molecule has 2 heterocycles. The molecule has 102 valence electrons. The van der Waals surface area contributed by atoms with Gasteiger partial charge >= 0.3 is 0 Å². The summed E-state index contributed by atoms with van der Waals surface area (Å²) in [6.07, 6.45) is 0. The minimum absolute atomic E-state index is 0.0224. The van der Waals surface area contributed by atoms with Crippen molar-refractivity contribution in [2.75, 3.05) is 0 Å². The Labute approximate surface area is 124 Å². The summed E-state index contributed by atoms with van der Waals surface area (Å²) in [5.41, 5.74) is 2.99. The highest BCUT2D eigenvalue weighted by molar-refractivity contribution is 6.31. The molecule has 1 aromatic carbocycles. The van der Waals surface area contributed by atoms with E-state index in [1.165, 1.54) is 16.6 Å². The molecule has 3 rings (SSSR count). The summed E-state index contributed by atoms with van der Waals surface area (Å²) in [5, 5.41) is 12.8. The number of hydrogen-bond acceptors (Lipinski definition) is 3. The van der Waals surface area contributed by atoms with E-state index in [0.717, 1.165) is 11.1 Å². The van der Waals surface area contributed by atoms with Gasteiger partial charge in [0.2, 0.25) is 0 Å². The van der Waals surface area contributed by atoms with Crippen LogP contribution in [0, 0.1) is 19.7 Å². The van der Waals surface area contributed by atoms with Crippen molar-refractivity contribution >= 4 is 28.8 Å². The SMILES string of the molecule is Cc1c(Cl)nn2c(-c3ccc(F)c(Cl)c3)nnc2c1C. The van der Waals surface area contributed by atoms with Crippen molar-refractivity contribution < 1.29 is 4.39 Å². The van der Waals surface area contributed by atoms with Crippen molar-refractivity contribution in [2.24, 2.45) is 0 Å². The van der Waals surface area contributed by atoms with Crippen molar-refractivity contribution in [3.63, 3.8) is 0 Å². The molecule has 3 aromatic rings.